The van der Waals surface area contributed by atoms with E-state index in [2.05, 4.69) is 20.7 Å². The van der Waals surface area contributed by atoms with Gasteiger partial charge in [-0.2, -0.15) is 0 Å². The SMILES string of the molecule is O=S(=O)(Nc1cccc(Br)c1)c1ccccc1Cl. The van der Waals surface area contributed by atoms with Crippen LogP contribution in [0.2, 0.25) is 5.02 Å². The molecular formula is C12H9BrClNO2S. The van der Waals surface area contributed by atoms with E-state index in [1.165, 1.54) is 12.1 Å². The minimum atomic E-state index is -3.66. The van der Waals surface area contributed by atoms with Crippen LogP contribution in [0.1, 0.15) is 0 Å². The topological polar surface area (TPSA) is 46.2 Å². The third-order valence-corrected chi connectivity index (χ3v) is 4.58. The van der Waals surface area contributed by atoms with Crippen LogP contribution < -0.4 is 4.72 Å². The first-order valence-electron chi connectivity index (χ1n) is 5.02. The van der Waals surface area contributed by atoms with E-state index < -0.39 is 10.0 Å². The van der Waals surface area contributed by atoms with Gasteiger partial charge in [0.1, 0.15) is 4.90 Å². The van der Waals surface area contributed by atoms with Crippen LogP contribution in [0.5, 0.6) is 0 Å². The molecule has 0 unspecified atom stereocenters. The lowest BCUT2D eigenvalue weighted by Gasteiger charge is -2.09. The average Bonchev–Trinajstić information content (AvgIpc) is 2.28. The highest BCUT2D eigenvalue weighted by atomic mass is 79.9. The Morgan fingerprint density at radius 3 is 2.44 bits per heavy atom. The lowest BCUT2D eigenvalue weighted by atomic mass is 10.3. The first-order valence-corrected chi connectivity index (χ1v) is 7.67. The van der Waals surface area contributed by atoms with Gasteiger partial charge >= 0.3 is 0 Å². The molecule has 0 aliphatic heterocycles. The molecule has 3 nitrogen and oxygen atoms in total. The highest BCUT2D eigenvalue weighted by molar-refractivity contribution is 9.10. The third-order valence-electron chi connectivity index (χ3n) is 2.20. The summed E-state index contributed by atoms with van der Waals surface area (Å²) in [5.41, 5.74) is 0.476. The molecule has 94 valence electrons. The van der Waals surface area contributed by atoms with Crippen molar-refractivity contribution in [2.75, 3.05) is 4.72 Å². The molecule has 0 saturated carbocycles. The second-order valence-electron chi connectivity index (χ2n) is 3.55. The lowest BCUT2D eigenvalue weighted by Crippen LogP contribution is -2.13. The predicted octanol–water partition coefficient (Wildman–Crippen LogP) is 3.90. The first kappa shape index (κ1) is 13.4. The molecule has 1 N–H and O–H groups in total. The van der Waals surface area contributed by atoms with Crippen molar-refractivity contribution in [1.29, 1.82) is 0 Å². The van der Waals surface area contributed by atoms with E-state index in [9.17, 15) is 8.42 Å². The van der Waals surface area contributed by atoms with E-state index in [-0.39, 0.29) is 9.92 Å². The fourth-order valence-corrected chi connectivity index (χ4v) is 3.39. The molecule has 0 atom stereocenters. The number of halogens is 2. The van der Waals surface area contributed by atoms with Crippen molar-refractivity contribution in [1.82, 2.24) is 0 Å². The van der Waals surface area contributed by atoms with Gasteiger partial charge in [-0.05, 0) is 30.3 Å². The Labute approximate surface area is 119 Å². The van der Waals surface area contributed by atoms with Crippen LogP contribution in [-0.4, -0.2) is 8.42 Å². The summed E-state index contributed by atoms with van der Waals surface area (Å²) < 4.78 is 27.5. The summed E-state index contributed by atoms with van der Waals surface area (Å²) in [6.07, 6.45) is 0. The molecule has 18 heavy (non-hydrogen) atoms. The number of nitrogens with one attached hydrogen (secondary N) is 1. The van der Waals surface area contributed by atoms with E-state index >= 15 is 0 Å². The zero-order chi connectivity index (χ0) is 13.2. The van der Waals surface area contributed by atoms with E-state index in [1.54, 1.807) is 30.3 Å². The highest BCUT2D eigenvalue weighted by Gasteiger charge is 2.17. The average molecular weight is 347 g/mol. The van der Waals surface area contributed by atoms with Gasteiger partial charge in [-0.25, -0.2) is 8.42 Å². The molecule has 0 amide bonds. The molecular weight excluding hydrogens is 338 g/mol. The molecule has 0 radical (unpaired) electrons. The number of benzene rings is 2. The van der Waals surface area contributed by atoms with Crippen molar-refractivity contribution in [3.63, 3.8) is 0 Å². The van der Waals surface area contributed by atoms with E-state index in [0.29, 0.717) is 5.69 Å². The predicted molar refractivity (Wildman–Crippen MR) is 76.4 cm³/mol. The number of sulfonamides is 1. The zero-order valence-electron chi connectivity index (χ0n) is 9.10. The first-order chi connectivity index (χ1) is 8.49. The molecule has 0 aliphatic carbocycles. The Balaban J connectivity index is 2.37. The van der Waals surface area contributed by atoms with E-state index in [0.717, 1.165) is 4.47 Å². The smallest absolute Gasteiger partial charge is 0.263 e. The van der Waals surface area contributed by atoms with Crippen LogP contribution in [0.4, 0.5) is 5.69 Å². The van der Waals surface area contributed by atoms with Crippen molar-refractivity contribution in [3.8, 4) is 0 Å². The summed E-state index contributed by atoms with van der Waals surface area (Å²) in [6.45, 7) is 0. The van der Waals surface area contributed by atoms with Crippen LogP contribution in [0.3, 0.4) is 0 Å². The molecule has 2 aromatic carbocycles. The molecule has 0 spiro atoms. The normalized spacial score (nSPS) is 11.2. The van der Waals surface area contributed by atoms with Gasteiger partial charge < -0.3 is 0 Å². The largest absolute Gasteiger partial charge is 0.280 e. The maximum absolute atomic E-state index is 12.1. The van der Waals surface area contributed by atoms with Crippen molar-refractivity contribution < 1.29 is 8.42 Å². The maximum atomic E-state index is 12.1. The molecule has 0 heterocycles. The van der Waals surface area contributed by atoms with Crippen molar-refractivity contribution in [3.05, 3.63) is 58.0 Å². The number of rotatable bonds is 3. The summed E-state index contributed by atoms with van der Waals surface area (Å²) in [6, 6.07) is 13.2. The monoisotopic (exact) mass is 345 g/mol. The van der Waals surface area contributed by atoms with Gasteiger partial charge in [0, 0.05) is 10.2 Å². The quantitative estimate of drug-likeness (QED) is 0.916. The van der Waals surface area contributed by atoms with Crippen LogP contribution in [-0.2, 0) is 10.0 Å². The zero-order valence-corrected chi connectivity index (χ0v) is 12.3. The van der Waals surface area contributed by atoms with E-state index in [1.807, 2.05) is 6.07 Å². The standard InChI is InChI=1S/C12H9BrClNO2S/c13-9-4-3-5-10(8-9)15-18(16,17)12-7-2-1-6-11(12)14/h1-8,15H. The molecule has 6 heteroatoms. The number of hydrogen-bond acceptors (Lipinski definition) is 2. The molecule has 0 bridgehead atoms. The molecule has 2 aromatic rings. The van der Waals surface area contributed by atoms with Crippen LogP contribution >= 0.6 is 27.5 Å². The lowest BCUT2D eigenvalue weighted by molar-refractivity contribution is 0.601. The van der Waals surface area contributed by atoms with Crippen molar-refractivity contribution >= 4 is 43.2 Å². The Morgan fingerprint density at radius 2 is 1.78 bits per heavy atom. The van der Waals surface area contributed by atoms with Crippen LogP contribution in [0.15, 0.2) is 57.9 Å². The minimum absolute atomic E-state index is 0.0617. The fraction of sp³-hybridized carbons (Fsp3) is 0. The summed E-state index contributed by atoms with van der Waals surface area (Å²) in [4.78, 5) is 0.0617. The Morgan fingerprint density at radius 1 is 1.06 bits per heavy atom. The van der Waals surface area contributed by atoms with Gasteiger partial charge in [0.05, 0.1) is 5.02 Å². The van der Waals surface area contributed by atoms with Crippen LogP contribution in [0, 0.1) is 0 Å². The maximum Gasteiger partial charge on any atom is 0.263 e. The van der Waals surface area contributed by atoms with Gasteiger partial charge in [0.15, 0.2) is 0 Å². The van der Waals surface area contributed by atoms with Crippen molar-refractivity contribution in [2.24, 2.45) is 0 Å². The van der Waals surface area contributed by atoms with Gasteiger partial charge in [0.2, 0.25) is 0 Å². The fourth-order valence-electron chi connectivity index (χ4n) is 1.42. The molecule has 0 aromatic heterocycles. The Bertz CT molecular complexity index is 673. The van der Waals surface area contributed by atoms with Gasteiger partial charge in [-0.3, -0.25) is 4.72 Å². The Hall–Kier alpha value is -1.04. The van der Waals surface area contributed by atoms with Crippen molar-refractivity contribution in [2.45, 2.75) is 4.90 Å². The van der Waals surface area contributed by atoms with Crippen LogP contribution in [0.25, 0.3) is 0 Å². The van der Waals surface area contributed by atoms with Gasteiger partial charge in [-0.1, -0.05) is 45.7 Å². The highest BCUT2D eigenvalue weighted by Crippen LogP contribution is 2.24. The molecule has 0 saturated heterocycles. The van der Waals surface area contributed by atoms with Gasteiger partial charge in [-0.15, -0.1) is 0 Å². The second kappa shape index (κ2) is 5.30. The molecule has 0 aliphatic rings. The van der Waals surface area contributed by atoms with Gasteiger partial charge in [0.25, 0.3) is 10.0 Å². The third kappa shape index (κ3) is 3.04. The Kier molecular flexibility index (Phi) is 3.94. The summed E-state index contributed by atoms with van der Waals surface area (Å²) in [7, 11) is -3.66. The summed E-state index contributed by atoms with van der Waals surface area (Å²) in [5, 5.41) is 0.194. The number of hydrogen-bond donors (Lipinski definition) is 1. The number of anilines is 1. The van der Waals surface area contributed by atoms with E-state index in [4.69, 9.17) is 11.6 Å². The second-order valence-corrected chi connectivity index (χ2v) is 6.52. The summed E-state index contributed by atoms with van der Waals surface area (Å²) >= 11 is 9.16. The minimum Gasteiger partial charge on any atom is -0.280 e. The molecule has 0 fully saturated rings. The molecule has 2 rings (SSSR count). The summed E-state index contributed by atoms with van der Waals surface area (Å²) in [5.74, 6) is 0.